The Hall–Kier alpha value is -2.21. The Bertz CT molecular complexity index is 807. The molecule has 1 aromatic heterocycles. The second-order valence-electron chi connectivity index (χ2n) is 6.78. The summed E-state index contributed by atoms with van der Waals surface area (Å²) in [6.07, 6.45) is 3.09. The lowest BCUT2D eigenvalue weighted by molar-refractivity contribution is -0.122. The van der Waals surface area contributed by atoms with Gasteiger partial charge in [-0.1, -0.05) is 25.1 Å². The van der Waals surface area contributed by atoms with Crippen molar-refractivity contribution in [3.05, 3.63) is 40.3 Å². The van der Waals surface area contributed by atoms with E-state index in [1.54, 1.807) is 6.07 Å². The van der Waals surface area contributed by atoms with Crippen LogP contribution in [0.2, 0.25) is 0 Å². The maximum Gasteiger partial charge on any atom is 0.275 e. The topological polar surface area (TPSA) is 67.2 Å². The van der Waals surface area contributed by atoms with E-state index in [-0.39, 0.29) is 24.1 Å². The van der Waals surface area contributed by atoms with Crippen molar-refractivity contribution >= 4 is 16.7 Å². The smallest absolute Gasteiger partial charge is 0.275 e. The molecule has 134 valence electrons. The zero-order chi connectivity index (χ0) is 17.8. The van der Waals surface area contributed by atoms with Gasteiger partial charge in [0, 0.05) is 24.5 Å². The van der Waals surface area contributed by atoms with Crippen molar-refractivity contribution < 1.29 is 4.79 Å². The molecule has 1 aliphatic heterocycles. The number of carbonyl (C=O) groups excluding carboxylic acids is 1. The third-order valence-corrected chi connectivity index (χ3v) is 4.84. The average molecular weight is 342 g/mol. The number of hydrogen-bond donors (Lipinski definition) is 1. The van der Waals surface area contributed by atoms with Crippen molar-refractivity contribution in [3.8, 4) is 0 Å². The lowest BCUT2D eigenvalue weighted by Gasteiger charge is -2.32. The van der Waals surface area contributed by atoms with Crippen molar-refractivity contribution in [3.63, 3.8) is 0 Å². The molecule has 1 amide bonds. The van der Waals surface area contributed by atoms with Gasteiger partial charge in [-0.25, -0.2) is 4.68 Å². The molecule has 3 rings (SSSR count). The van der Waals surface area contributed by atoms with Crippen LogP contribution in [0.5, 0.6) is 0 Å². The molecule has 0 radical (unpaired) electrons. The number of hydrogen-bond acceptors (Lipinski definition) is 4. The van der Waals surface area contributed by atoms with Crippen LogP contribution < -0.4 is 10.9 Å². The highest BCUT2D eigenvalue weighted by molar-refractivity contribution is 5.83. The quantitative estimate of drug-likeness (QED) is 0.898. The van der Waals surface area contributed by atoms with Crippen molar-refractivity contribution in [2.45, 2.75) is 45.7 Å². The van der Waals surface area contributed by atoms with E-state index >= 15 is 0 Å². The van der Waals surface area contributed by atoms with Crippen LogP contribution in [0.1, 0.15) is 31.9 Å². The fourth-order valence-electron chi connectivity index (χ4n) is 3.54. The maximum absolute atomic E-state index is 12.5. The van der Waals surface area contributed by atoms with E-state index in [0.29, 0.717) is 5.39 Å². The normalized spacial score (nSPS) is 16.2. The molecule has 1 saturated heterocycles. The molecule has 0 atom stereocenters. The molecule has 2 heterocycles. The Morgan fingerprint density at radius 1 is 1.24 bits per heavy atom. The predicted octanol–water partition coefficient (Wildman–Crippen LogP) is 1.70. The minimum absolute atomic E-state index is 0.0281. The number of fused-ring (bicyclic) bond motifs is 1. The van der Waals surface area contributed by atoms with Crippen LogP contribution in [0.25, 0.3) is 10.8 Å². The van der Waals surface area contributed by atoms with Crippen LogP contribution in [-0.4, -0.2) is 46.3 Å². The first-order valence-corrected chi connectivity index (χ1v) is 9.06. The standard InChI is InChI=1S/C19H26N4O2/c1-3-10-22-11-8-15(9-12-22)20-18(24)13-23-19(25)17-7-5-4-6-16(17)14(2)21-23/h4-7,15H,3,8-13H2,1-2H3,(H,20,24). The third kappa shape index (κ3) is 4.07. The molecule has 6 heteroatoms. The Balaban J connectivity index is 1.65. The summed E-state index contributed by atoms with van der Waals surface area (Å²) in [6, 6.07) is 7.58. The van der Waals surface area contributed by atoms with Crippen molar-refractivity contribution in [2.24, 2.45) is 0 Å². The van der Waals surface area contributed by atoms with Crippen LogP contribution in [0.4, 0.5) is 0 Å². The molecule has 0 unspecified atom stereocenters. The number of rotatable bonds is 5. The Morgan fingerprint density at radius 3 is 2.60 bits per heavy atom. The van der Waals surface area contributed by atoms with Crippen LogP contribution in [0.3, 0.4) is 0 Å². The van der Waals surface area contributed by atoms with E-state index in [4.69, 9.17) is 0 Å². The van der Waals surface area contributed by atoms with Gasteiger partial charge in [0.05, 0.1) is 11.1 Å². The van der Waals surface area contributed by atoms with E-state index in [0.717, 1.165) is 50.0 Å². The molecule has 2 aromatic rings. The summed E-state index contributed by atoms with van der Waals surface area (Å²) in [7, 11) is 0. The number of amides is 1. The largest absolute Gasteiger partial charge is 0.352 e. The zero-order valence-corrected chi connectivity index (χ0v) is 15.0. The number of aryl methyl sites for hydroxylation is 1. The van der Waals surface area contributed by atoms with Gasteiger partial charge in [0.15, 0.2) is 0 Å². The maximum atomic E-state index is 12.5. The van der Waals surface area contributed by atoms with Gasteiger partial charge in [0.25, 0.3) is 5.56 Å². The number of aromatic nitrogens is 2. The second-order valence-corrected chi connectivity index (χ2v) is 6.78. The average Bonchev–Trinajstić information content (AvgIpc) is 2.61. The Morgan fingerprint density at radius 2 is 1.92 bits per heavy atom. The molecular weight excluding hydrogens is 316 g/mol. The van der Waals surface area contributed by atoms with Gasteiger partial charge >= 0.3 is 0 Å². The lowest BCUT2D eigenvalue weighted by atomic mass is 10.0. The van der Waals surface area contributed by atoms with Gasteiger partial charge in [-0.05, 0) is 38.8 Å². The van der Waals surface area contributed by atoms with E-state index in [2.05, 4.69) is 22.2 Å². The highest BCUT2D eigenvalue weighted by atomic mass is 16.2. The van der Waals surface area contributed by atoms with Crippen molar-refractivity contribution in [1.82, 2.24) is 20.0 Å². The summed E-state index contributed by atoms with van der Waals surface area (Å²) in [6.45, 7) is 7.18. The van der Waals surface area contributed by atoms with E-state index < -0.39 is 0 Å². The SMILES string of the molecule is CCCN1CCC(NC(=O)Cn2nc(C)c3ccccc3c2=O)CC1. The molecule has 1 aliphatic rings. The number of carbonyl (C=O) groups is 1. The van der Waals surface area contributed by atoms with Crippen molar-refractivity contribution in [2.75, 3.05) is 19.6 Å². The molecule has 1 N–H and O–H groups in total. The monoisotopic (exact) mass is 342 g/mol. The number of piperidine rings is 1. The summed E-state index contributed by atoms with van der Waals surface area (Å²) in [5, 5.41) is 8.81. The molecule has 0 bridgehead atoms. The number of nitrogens with one attached hydrogen (secondary N) is 1. The molecule has 0 aliphatic carbocycles. The van der Waals surface area contributed by atoms with Crippen LogP contribution >= 0.6 is 0 Å². The van der Waals surface area contributed by atoms with Gasteiger partial charge in [0.2, 0.25) is 5.91 Å². The Kier molecular flexibility index (Phi) is 5.48. The van der Waals surface area contributed by atoms with Gasteiger partial charge in [-0.2, -0.15) is 5.10 Å². The van der Waals surface area contributed by atoms with Crippen molar-refractivity contribution in [1.29, 1.82) is 0 Å². The fourth-order valence-corrected chi connectivity index (χ4v) is 3.54. The summed E-state index contributed by atoms with van der Waals surface area (Å²) in [4.78, 5) is 27.3. The first-order valence-electron chi connectivity index (χ1n) is 9.06. The molecule has 1 aromatic carbocycles. The summed E-state index contributed by atoms with van der Waals surface area (Å²) in [5.41, 5.74) is 0.546. The van der Waals surface area contributed by atoms with Gasteiger partial charge in [-0.3, -0.25) is 9.59 Å². The number of nitrogens with zero attached hydrogens (tertiary/aromatic N) is 3. The first kappa shape index (κ1) is 17.6. The minimum Gasteiger partial charge on any atom is -0.352 e. The predicted molar refractivity (Wildman–Crippen MR) is 98.6 cm³/mol. The molecule has 0 saturated carbocycles. The minimum atomic E-state index is -0.214. The fraction of sp³-hybridized carbons (Fsp3) is 0.526. The highest BCUT2D eigenvalue weighted by Gasteiger charge is 2.20. The molecule has 1 fully saturated rings. The van der Waals surface area contributed by atoms with Crippen LogP contribution in [-0.2, 0) is 11.3 Å². The molecule has 0 spiro atoms. The van der Waals surface area contributed by atoms with E-state index in [1.165, 1.54) is 4.68 Å². The third-order valence-electron chi connectivity index (χ3n) is 4.84. The second kappa shape index (κ2) is 7.78. The summed E-state index contributed by atoms with van der Waals surface area (Å²) >= 11 is 0. The Labute approximate surface area is 147 Å². The molecule has 6 nitrogen and oxygen atoms in total. The highest BCUT2D eigenvalue weighted by Crippen LogP contribution is 2.12. The van der Waals surface area contributed by atoms with Gasteiger partial charge in [0.1, 0.15) is 6.54 Å². The molecule has 25 heavy (non-hydrogen) atoms. The first-order chi connectivity index (χ1) is 12.1. The van der Waals surface area contributed by atoms with Crippen LogP contribution in [0.15, 0.2) is 29.1 Å². The summed E-state index contributed by atoms with van der Waals surface area (Å²) in [5.74, 6) is -0.141. The van der Waals surface area contributed by atoms with Gasteiger partial charge < -0.3 is 10.2 Å². The summed E-state index contributed by atoms with van der Waals surface area (Å²) < 4.78 is 1.28. The lowest BCUT2D eigenvalue weighted by Crippen LogP contribution is -2.46. The number of likely N-dealkylation sites (tertiary alicyclic amines) is 1. The van der Waals surface area contributed by atoms with Crippen LogP contribution in [0, 0.1) is 6.92 Å². The van der Waals surface area contributed by atoms with E-state index in [9.17, 15) is 9.59 Å². The molecular formula is C19H26N4O2. The van der Waals surface area contributed by atoms with E-state index in [1.807, 2.05) is 25.1 Å². The zero-order valence-electron chi connectivity index (χ0n) is 15.0. The van der Waals surface area contributed by atoms with Gasteiger partial charge in [-0.15, -0.1) is 0 Å². The number of benzene rings is 1.